The highest BCUT2D eigenvalue weighted by Crippen LogP contribution is 2.30. The summed E-state index contributed by atoms with van der Waals surface area (Å²) in [7, 11) is 0. The highest BCUT2D eigenvalue weighted by atomic mass is 19.4. The fourth-order valence-corrected chi connectivity index (χ4v) is 2.28. The Morgan fingerprint density at radius 1 is 1.35 bits per heavy atom. The Morgan fingerprint density at radius 3 is 2.65 bits per heavy atom. The number of hydrogen-bond donors (Lipinski definition) is 1. The molecule has 2 fully saturated rings. The van der Waals surface area contributed by atoms with Crippen LogP contribution in [0.2, 0.25) is 0 Å². The van der Waals surface area contributed by atoms with Gasteiger partial charge >= 0.3 is 6.18 Å². The molecule has 1 saturated carbocycles. The lowest BCUT2D eigenvalue weighted by molar-refractivity contribution is -0.146. The van der Waals surface area contributed by atoms with Gasteiger partial charge in [0.05, 0.1) is 19.6 Å². The summed E-state index contributed by atoms with van der Waals surface area (Å²) in [5.41, 5.74) is 0. The smallest absolute Gasteiger partial charge is 0.378 e. The van der Waals surface area contributed by atoms with Crippen LogP contribution in [-0.4, -0.2) is 55.9 Å². The number of alkyl halides is 3. The fraction of sp³-hybridized carbons (Fsp3) is 0.923. The first-order chi connectivity index (χ1) is 9.44. The average molecular weight is 294 g/mol. The second-order valence-electron chi connectivity index (χ2n) is 5.58. The standard InChI is InChI=1S/C13H21F3N2O2/c14-13(15,16)3-5-18(8-10-1-2-10)12(19)7-11-9-20-6-4-17-11/h10-11,17H,1-9H2. The van der Waals surface area contributed by atoms with Crippen molar-refractivity contribution in [1.29, 1.82) is 0 Å². The van der Waals surface area contributed by atoms with Crippen LogP contribution < -0.4 is 5.32 Å². The van der Waals surface area contributed by atoms with Crippen LogP contribution in [0.5, 0.6) is 0 Å². The molecule has 2 aliphatic rings. The van der Waals surface area contributed by atoms with Gasteiger partial charge in [-0.05, 0) is 18.8 Å². The highest BCUT2D eigenvalue weighted by molar-refractivity contribution is 5.77. The van der Waals surface area contributed by atoms with Gasteiger partial charge in [0.15, 0.2) is 0 Å². The van der Waals surface area contributed by atoms with Crippen molar-refractivity contribution in [2.75, 3.05) is 32.8 Å². The predicted octanol–water partition coefficient (Wildman–Crippen LogP) is 1.56. The Hall–Kier alpha value is -0.820. The van der Waals surface area contributed by atoms with Crippen LogP contribution in [-0.2, 0) is 9.53 Å². The van der Waals surface area contributed by atoms with E-state index < -0.39 is 12.6 Å². The van der Waals surface area contributed by atoms with Gasteiger partial charge in [-0.2, -0.15) is 13.2 Å². The van der Waals surface area contributed by atoms with Crippen LogP contribution in [0.4, 0.5) is 13.2 Å². The van der Waals surface area contributed by atoms with E-state index in [0.717, 1.165) is 12.8 Å². The molecule has 1 unspecified atom stereocenters. The Kier molecular flexibility index (Phi) is 5.26. The molecule has 0 bridgehead atoms. The van der Waals surface area contributed by atoms with E-state index in [0.29, 0.717) is 32.2 Å². The zero-order valence-corrected chi connectivity index (χ0v) is 11.4. The summed E-state index contributed by atoms with van der Waals surface area (Å²) in [5, 5.41) is 3.15. The maximum absolute atomic E-state index is 12.3. The molecule has 0 aromatic carbocycles. The van der Waals surface area contributed by atoms with Gasteiger partial charge in [-0.15, -0.1) is 0 Å². The third kappa shape index (κ3) is 5.66. The number of morpholine rings is 1. The van der Waals surface area contributed by atoms with E-state index in [1.807, 2.05) is 0 Å². The van der Waals surface area contributed by atoms with Crippen molar-refractivity contribution in [2.24, 2.45) is 5.92 Å². The number of ether oxygens (including phenoxy) is 1. The molecule has 0 spiro atoms. The highest BCUT2D eigenvalue weighted by Gasteiger charge is 2.32. The van der Waals surface area contributed by atoms with Crippen LogP contribution >= 0.6 is 0 Å². The molecule has 1 aliphatic carbocycles. The fourth-order valence-electron chi connectivity index (χ4n) is 2.28. The third-order valence-electron chi connectivity index (χ3n) is 3.61. The van der Waals surface area contributed by atoms with Crippen molar-refractivity contribution in [3.05, 3.63) is 0 Å². The van der Waals surface area contributed by atoms with Crippen molar-refractivity contribution < 1.29 is 22.7 Å². The number of nitrogens with zero attached hydrogens (tertiary/aromatic N) is 1. The Balaban J connectivity index is 1.81. The van der Waals surface area contributed by atoms with E-state index >= 15 is 0 Å². The van der Waals surface area contributed by atoms with E-state index in [-0.39, 0.29) is 24.9 Å². The Bertz CT molecular complexity index is 326. The van der Waals surface area contributed by atoms with E-state index in [4.69, 9.17) is 4.74 Å². The van der Waals surface area contributed by atoms with Crippen molar-refractivity contribution in [3.8, 4) is 0 Å². The monoisotopic (exact) mass is 294 g/mol. The summed E-state index contributed by atoms with van der Waals surface area (Å²) in [6.07, 6.45) is -2.90. The molecule has 7 heteroatoms. The minimum absolute atomic E-state index is 0.0798. The van der Waals surface area contributed by atoms with Gasteiger partial charge < -0.3 is 15.0 Å². The SMILES string of the molecule is O=C(CC1COCCN1)N(CCC(F)(F)F)CC1CC1. The molecule has 20 heavy (non-hydrogen) atoms. The molecule has 2 rings (SSSR count). The molecule has 1 amide bonds. The molecule has 0 aromatic heterocycles. The molecule has 1 heterocycles. The van der Waals surface area contributed by atoms with Gasteiger partial charge in [0, 0.05) is 32.1 Å². The molecule has 1 saturated heterocycles. The first-order valence-corrected chi connectivity index (χ1v) is 7.10. The summed E-state index contributed by atoms with van der Waals surface area (Å²) in [4.78, 5) is 13.5. The lowest BCUT2D eigenvalue weighted by atomic mass is 10.1. The quantitative estimate of drug-likeness (QED) is 0.808. The second-order valence-corrected chi connectivity index (χ2v) is 5.58. The maximum atomic E-state index is 12.3. The summed E-state index contributed by atoms with van der Waals surface area (Å²) in [6, 6.07) is -0.0798. The van der Waals surface area contributed by atoms with Crippen molar-refractivity contribution >= 4 is 5.91 Å². The molecular weight excluding hydrogens is 273 g/mol. The van der Waals surface area contributed by atoms with Crippen LogP contribution in [0.3, 0.4) is 0 Å². The molecule has 1 aliphatic heterocycles. The van der Waals surface area contributed by atoms with Crippen molar-refractivity contribution in [3.63, 3.8) is 0 Å². The number of amides is 1. The van der Waals surface area contributed by atoms with E-state index in [9.17, 15) is 18.0 Å². The van der Waals surface area contributed by atoms with Gasteiger partial charge in [0.25, 0.3) is 0 Å². The van der Waals surface area contributed by atoms with Gasteiger partial charge in [0.1, 0.15) is 0 Å². The first kappa shape index (κ1) is 15.6. The number of carbonyl (C=O) groups excluding carboxylic acids is 1. The molecule has 1 atom stereocenters. The summed E-state index contributed by atoms with van der Waals surface area (Å²) in [5.74, 6) is 0.187. The largest absolute Gasteiger partial charge is 0.390 e. The van der Waals surface area contributed by atoms with Gasteiger partial charge in [-0.3, -0.25) is 4.79 Å². The lowest BCUT2D eigenvalue weighted by Gasteiger charge is -2.28. The summed E-state index contributed by atoms with van der Waals surface area (Å²) in [6.45, 7) is 1.98. The number of halogens is 3. The predicted molar refractivity (Wildman–Crippen MR) is 67.2 cm³/mol. The van der Waals surface area contributed by atoms with Gasteiger partial charge in [0.2, 0.25) is 5.91 Å². The molecule has 4 nitrogen and oxygen atoms in total. The minimum Gasteiger partial charge on any atom is -0.378 e. The molecule has 0 aromatic rings. The third-order valence-corrected chi connectivity index (χ3v) is 3.61. The zero-order valence-electron chi connectivity index (χ0n) is 11.4. The van der Waals surface area contributed by atoms with Crippen LogP contribution in [0.15, 0.2) is 0 Å². The second kappa shape index (κ2) is 6.76. The Labute approximate surface area is 116 Å². The molecule has 0 radical (unpaired) electrons. The topological polar surface area (TPSA) is 41.6 Å². The van der Waals surface area contributed by atoms with Gasteiger partial charge in [-0.1, -0.05) is 0 Å². The average Bonchev–Trinajstić information content (AvgIpc) is 3.18. The molecule has 1 N–H and O–H groups in total. The minimum atomic E-state index is -4.21. The maximum Gasteiger partial charge on any atom is 0.390 e. The van der Waals surface area contributed by atoms with E-state index in [2.05, 4.69) is 5.32 Å². The number of hydrogen-bond acceptors (Lipinski definition) is 3. The van der Waals surface area contributed by atoms with Gasteiger partial charge in [-0.25, -0.2) is 0 Å². The molecule has 116 valence electrons. The summed E-state index contributed by atoms with van der Waals surface area (Å²) < 4.78 is 42.2. The Morgan fingerprint density at radius 2 is 2.10 bits per heavy atom. The van der Waals surface area contributed by atoms with Crippen LogP contribution in [0.1, 0.15) is 25.7 Å². The first-order valence-electron chi connectivity index (χ1n) is 7.10. The summed E-state index contributed by atoms with van der Waals surface area (Å²) >= 11 is 0. The van der Waals surface area contributed by atoms with Crippen molar-refractivity contribution in [2.45, 2.75) is 37.9 Å². The lowest BCUT2D eigenvalue weighted by Crippen LogP contribution is -2.46. The van der Waals surface area contributed by atoms with Crippen LogP contribution in [0.25, 0.3) is 0 Å². The number of nitrogens with one attached hydrogen (secondary N) is 1. The normalized spacial score (nSPS) is 23.6. The van der Waals surface area contributed by atoms with E-state index in [1.165, 1.54) is 4.90 Å². The van der Waals surface area contributed by atoms with Crippen molar-refractivity contribution in [1.82, 2.24) is 10.2 Å². The van der Waals surface area contributed by atoms with E-state index in [1.54, 1.807) is 0 Å². The van der Waals surface area contributed by atoms with Crippen LogP contribution in [0, 0.1) is 5.92 Å². The molecular formula is C13H21F3N2O2. The number of carbonyl (C=O) groups is 1. The number of rotatable bonds is 6. The zero-order chi connectivity index (χ0) is 14.6.